The van der Waals surface area contributed by atoms with Crippen molar-refractivity contribution in [2.75, 3.05) is 5.32 Å². The third-order valence-electron chi connectivity index (χ3n) is 2.68. The molecule has 0 unspecified atom stereocenters. The van der Waals surface area contributed by atoms with E-state index in [4.69, 9.17) is 0 Å². The maximum Gasteiger partial charge on any atom is 0.258 e. The molecule has 4 nitrogen and oxygen atoms in total. The summed E-state index contributed by atoms with van der Waals surface area (Å²) >= 11 is 1.42. The zero-order valence-electron chi connectivity index (χ0n) is 9.93. The van der Waals surface area contributed by atoms with Gasteiger partial charge in [0, 0.05) is 11.9 Å². The number of fused-ring (bicyclic) bond motifs is 1. The number of halogens is 2. The van der Waals surface area contributed by atoms with Crippen molar-refractivity contribution in [1.82, 2.24) is 9.97 Å². The molecule has 0 radical (unpaired) electrons. The van der Waals surface area contributed by atoms with Gasteiger partial charge in [-0.2, -0.15) is 4.39 Å². The van der Waals surface area contributed by atoms with Crippen LogP contribution >= 0.6 is 11.3 Å². The first-order chi connectivity index (χ1) is 9.65. The number of nitrogens with zero attached hydrogens (tertiary/aromatic N) is 2. The first-order valence-electron chi connectivity index (χ1n) is 5.60. The summed E-state index contributed by atoms with van der Waals surface area (Å²) in [6, 6.07) is 6.24. The summed E-state index contributed by atoms with van der Waals surface area (Å²) in [6.45, 7) is 0. The molecule has 7 heteroatoms. The Hall–Kier alpha value is -2.41. The predicted octanol–water partition coefficient (Wildman–Crippen LogP) is 3.22. The van der Waals surface area contributed by atoms with Crippen LogP contribution in [0.2, 0.25) is 0 Å². The van der Waals surface area contributed by atoms with E-state index in [-0.39, 0.29) is 5.56 Å². The maximum absolute atomic E-state index is 13.5. The standard InChI is InChI=1S/C13H7F2N3OS/c14-11-8(3-4-16-12(11)15)13(19)18-7-1-2-9-10(5-7)20-6-17-9/h1-6H,(H,18,19). The predicted molar refractivity (Wildman–Crippen MR) is 71.7 cm³/mol. The van der Waals surface area contributed by atoms with Crippen molar-refractivity contribution >= 4 is 33.1 Å². The number of carbonyl (C=O) groups excluding carboxylic acids is 1. The number of hydrogen-bond acceptors (Lipinski definition) is 4. The number of amides is 1. The second kappa shape index (κ2) is 4.93. The molecule has 1 aromatic carbocycles. The van der Waals surface area contributed by atoms with Gasteiger partial charge in [-0.05, 0) is 24.3 Å². The molecule has 0 fully saturated rings. The fourth-order valence-corrected chi connectivity index (χ4v) is 2.44. The molecule has 20 heavy (non-hydrogen) atoms. The minimum atomic E-state index is -1.30. The van der Waals surface area contributed by atoms with Gasteiger partial charge in [0.05, 0.1) is 21.3 Å². The molecule has 1 N–H and O–H groups in total. The summed E-state index contributed by atoms with van der Waals surface area (Å²) < 4.78 is 27.3. The molecule has 2 aromatic heterocycles. The number of thiazole rings is 1. The van der Waals surface area contributed by atoms with E-state index < -0.39 is 17.7 Å². The minimum absolute atomic E-state index is 0.387. The molecule has 1 amide bonds. The molecule has 0 spiro atoms. The summed E-state index contributed by atoms with van der Waals surface area (Å²) in [5, 5.41) is 2.51. The molecule has 0 aliphatic carbocycles. The third kappa shape index (κ3) is 2.23. The summed E-state index contributed by atoms with van der Waals surface area (Å²) in [4.78, 5) is 19.1. The summed E-state index contributed by atoms with van der Waals surface area (Å²) in [6.07, 6.45) is 1.04. The summed E-state index contributed by atoms with van der Waals surface area (Å²) in [5.74, 6) is -3.29. The van der Waals surface area contributed by atoms with Gasteiger partial charge in [-0.3, -0.25) is 4.79 Å². The third-order valence-corrected chi connectivity index (χ3v) is 3.47. The van der Waals surface area contributed by atoms with Crippen LogP contribution in [0.25, 0.3) is 10.2 Å². The van der Waals surface area contributed by atoms with Crippen LogP contribution in [-0.2, 0) is 0 Å². The van der Waals surface area contributed by atoms with Crippen LogP contribution < -0.4 is 5.32 Å². The Morgan fingerprint density at radius 1 is 1.20 bits per heavy atom. The Balaban J connectivity index is 1.90. The number of carbonyl (C=O) groups is 1. The van der Waals surface area contributed by atoms with Gasteiger partial charge in [0.15, 0.2) is 5.82 Å². The Kier molecular flexibility index (Phi) is 3.11. The summed E-state index contributed by atoms with van der Waals surface area (Å²) in [5.41, 5.74) is 2.60. The summed E-state index contributed by atoms with van der Waals surface area (Å²) in [7, 11) is 0. The zero-order chi connectivity index (χ0) is 14.1. The van der Waals surface area contributed by atoms with Gasteiger partial charge in [0.2, 0.25) is 5.95 Å². The van der Waals surface area contributed by atoms with E-state index in [1.807, 2.05) is 0 Å². The van der Waals surface area contributed by atoms with E-state index in [0.29, 0.717) is 5.69 Å². The smallest absolute Gasteiger partial charge is 0.258 e. The van der Waals surface area contributed by atoms with Gasteiger partial charge < -0.3 is 5.32 Å². The maximum atomic E-state index is 13.5. The van der Waals surface area contributed by atoms with Crippen LogP contribution in [0, 0.1) is 11.8 Å². The minimum Gasteiger partial charge on any atom is -0.322 e. The molecule has 3 aromatic rings. The molecule has 0 aliphatic rings. The lowest BCUT2D eigenvalue weighted by molar-refractivity contribution is 0.102. The van der Waals surface area contributed by atoms with Crippen molar-refractivity contribution in [3.8, 4) is 0 Å². The van der Waals surface area contributed by atoms with Crippen molar-refractivity contribution in [1.29, 1.82) is 0 Å². The molecule has 0 atom stereocenters. The van der Waals surface area contributed by atoms with Crippen LogP contribution in [-0.4, -0.2) is 15.9 Å². The highest BCUT2D eigenvalue weighted by Crippen LogP contribution is 2.22. The lowest BCUT2D eigenvalue weighted by Gasteiger charge is -2.06. The molecular weight excluding hydrogens is 284 g/mol. The highest BCUT2D eigenvalue weighted by molar-refractivity contribution is 7.16. The first kappa shape index (κ1) is 12.6. The van der Waals surface area contributed by atoms with Crippen molar-refractivity contribution in [3.05, 3.63) is 53.3 Å². The molecule has 0 aliphatic heterocycles. The second-order valence-electron chi connectivity index (χ2n) is 3.95. The van der Waals surface area contributed by atoms with Crippen LogP contribution in [0.3, 0.4) is 0 Å². The number of aromatic nitrogens is 2. The number of hydrogen-bond donors (Lipinski definition) is 1. The van der Waals surface area contributed by atoms with Gasteiger partial charge in [-0.15, -0.1) is 11.3 Å². The van der Waals surface area contributed by atoms with Crippen LogP contribution in [0.15, 0.2) is 36.0 Å². The van der Waals surface area contributed by atoms with Crippen LogP contribution in [0.4, 0.5) is 14.5 Å². The van der Waals surface area contributed by atoms with Crippen molar-refractivity contribution in [2.24, 2.45) is 0 Å². The number of nitrogens with one attached hydrogen (secondary N) is 1. The first-order valence-corrected chi connectivity index (χ1v) is 6.48. The fraction of sp³-hybridized carbons (Fsp3) is 0. The average molecular weight is 291 g/mol. The van der Waals surface area contributed by atoms with Gasteiger partial charge in [-0.1, -0.05) is 0 Å². The molecular formula is C13H7F2N3OS. The number of pyridine rings is 1. The molecule has 0 saturated carbocycles. The zero-order valence-corrected chi connectivity index (χ0v) is 10.7. The van der Waals surface area contributed by atoms with Crippen LogP contribution in [0.1, 0.15) is 10.4 Å². The van der Waals surface area contributed by atoms with Gasteiger partial charge >= 0.3 is 0 Å². The van der Waals surface area contributed by atoms with Gasteiger partial charge in [0.1, 0.15) is 0 Å². The molecule has 100 valence electrons. The topological polar surface area (TPSA) is 54.9 Å². The lowest BCUT2D eigenvalue weighted by Crippen LogP contribution is -2.15. The van der Waals surface area contributed by atoms with E-state index in [0.717, 1.165) is 22.5 Å². The van der Waals surface area contributed by atoms with Gasteiger partial charge in [0.25, 0.3) is 5.91 Å². The Morgan fingerprint density at radius 2 is 2.05 bits per heavy atom. The van der Waals surface area contributed by atoms with E-state index in [1.165, 1.54) is 11.3 Å². The Labute approximate surface area is 116 Å². The Morgan fingerprint density at radius 3 is 2.90 bits per heavy atom. The molecule has 0 bridgehead atoms. The highest BCUT2D eigenvalue weighted by atomic mass is 32.1. The van der Waals surface area contributed by atoms with E-state index in [2.05, 4.69) is 15.3 Å². The number of rotatable bonds is 2. The quantitative estimate of drug-likeness (QED) is 0.738. The van der Waals surface area contributed by atoms with E-state index in [9.17, 15) is 13.6 Å². The average Bonchev–Trinajstić information content (AvgIpc) is 2.89. The molecule has 2 heterocycles. The molecule has 0 saturated heterocycles. The van der Waals surface area contributed by atoms with Crippen LogP contribution in [0.5, 0.6) is 0 Å². The monoisotopic (exact) mass is 291 g/mol. The second-order valence-corrected chi connectivity index (χ2v) is 4.84. The van der Waals surface area contributed by atoms with Crippen molar-refractivity contribution < 1.29 is 13.6 Å². The van der Waals surface area contributed by atoms with Crippen molar-refractivity contribution in [3.63, 3.8) is 0 Å². The largest absolute Gasteiger partial charge is 0.322 e. The number of anilines is 1. The van der Waals surface area contributed by atoms with Gasteiger partial charge in [-0.25, -0.2) is 14.4 Å². The van der Waals surface area contributed by atoms with E-state index in [1.54, 1.807) is 23.7 Å². The lowest BCUT2D eigenvalue weighted by atomic mass is 10.2. The molecule has 3 rings (SSSR count). The normalized spacial score (nSPS) is 10.7. The number of benzene rings is 1. The fourth-order valence-electron chi connectivity index (χ4n) is 1.72. The van der Waals surface area contributed by atoms with Crippen molar-refractivity contribution in [2.45, 2.75) is 0 Å². The highest BCUT2D eigenvalue weighted by Gasteiger charge is 2.16. The Bertz CT molecular complexity index is 803. The SMILES string of the molecule is O=C(Nc1ccc2ncsc2c1)c1ccnc(F)c1F. The van der Waals surface area contributed by atoms with E-state index >= 15 is 0 Å².